The smallest absolute Gasteiger partial charge is 0.0590 e. The summed E-state index contributed by atoms with van der Waals surface area (Å²) >= 11 is 0. The van der Waals surface area contributed by atoms with Gasteiger partial charge >= 0.3 is 0 Å². The molecule has 0 spiro atoms. The number of fused-ring (bicyclic) bond motifs is 3. The predicted octanol–water partition coefficient (Wildman–Crippen LogP) is 6.90. The van der Waals surface area contributed by atoms with Gasteiger partial charge in [0.05, 0.1) is 11.9 Å². The van der Waals surface area contributed by atoms with Crippen LogP contribution in [0.2, 0.25) is 0 Å². The quantitative estimate of drug-likeness (QED) is 0.208. The highest BCUT2D eigenvalue weighted by Crippen LogP contribution is 2.30. The molecule has 0 fully saturated rings. The molecule has 0 amide bonds. The van der Waals surface area contributed by atoms with Crippen LogP contribution >= 0.6 is 0 Å². The molecule has 158 valence electrons. The summed E-state index contributed by atoms with van der Waals surface area (Å²) in [5.74, 6) is 0. The molecule has 0 aliphatic rings. The summed E-state index contributed by atoms with van der Waals surface area (Å²) in [5.41, 5.74) is 6.15. The fourth-order valence-electron chi connectivity index (χ4n) is 4.34. The topological polar surface area (TPSA) is 20.5 Å². The van der Waals surface area contributed by atoms with Crippen LogP contribution in [0.3, 0.4) is 0 Å². The second-order valence-corrected chi connectivity index (χ2v) is 8.14. The maximum absolute atomic E-state index is 4.64. The number of rotatable bonds is 7. The lowest BCUT2D eigenvalue weighted by atomic mass is 10.1. The Morgan fingerprint density at radius 3 is 2.25 bits per heavy atom. The highest BCUT2D eigenvalue weighted by Gasteiger charge is 2.10. The first-order valence-electron chi connectivity index (χ1n) is 11.2. The van der Waals surface area contributed by atoms with E-state index in [0.29, 0.717) is 0 Å². The summed E-state index contributed by atoms with van der Waals surface area (Å²) in [6, 6.07) is 36.3. The molecule has 3 heteroatoms. The summed E-state index contributed by atoms with van der Waals surface area (Å²) < 4.78 is 2.46. The minimum absolute atomic E-state index is 1.00. The molecule has 1 aromatic heterocycles. The van der Waals surface area contributed by atoms with Crippen molar-refractivity contribution in [1.29, 1.82) is 0 Å². The van der Waals surface area contributed by atoms with Crippen LogP contribution in [0.25, 0.3) is 21.8 Å². The van der Waals surface area contributed by atoms with Gasteiger partial charge in [-0.2, -0.15) is 5.10 Å². The van der Waals surface area contributed by atoms with E-state index < -0.39 is 0 Å². The average molecular weight is 418 g/mol. The summed E-state index contributed by atoms with van der Waals surface area (Å²) in [5, 5.41) is 9.13. The minimum Gasteiger partial charge on any atom is -0.340 e. The summed E-state index contributed by atoms with van der Waals surface area (Å²) in [6.07, 6.45) is 4.14. The van der Waals surface area contributed by atoms with Crippen molar-refractivity contribution < 1.29 is 0 Å². The zero-order chi connectivity index (χ0) is 21.8. The van der Waals surface area contributed by atoms with E-state index in [1.54, 1.807) is 0 Å². The maximum atomic E-state index is 4.64. The van der Waals surface area contributed by atoms with Crippen molar-refractivity contribution >= 4 is 33.7 Å². The van der Waals surface area contributed by atoms with Crippen molar-refractivity contribution in [1.82, 2.24) is 4.57 Å². The first-order chi connectivity index (χ1) is 15.8. The van der Waals surface area contributed by atoms with E-state index in [4.69, 9.17) is 0 Å². The SMILES string of the molecule is CN(/N=C/c1ccc2c(c1)c1ccccc1n2CCCc1ccccc1)c1ccccc1. The molecule has 0 saturated carbocycles. The van der Waals surface area contributed by atoms with Gasteiger partial charge in [0.25, 0.3) is 0 Å². The summed E-state index contributed by atoms with van der Waals surface area (Å²) in [7, 11) is 1.98. The minimum atomic E-state index is 1.00. The molecule has 0 aliphatic heterocycles. The Bertz CT molecular complexity index is 1350. The Kier molecular flexibility index (Phi) is 5.71. The van der Waals surface area contributed by atoms with Crippen LogP contribution < -0.4 is 5.01 Å². The van der Waals surface area contributed by atoms with Gasteiger partial charge in [-0.25, -0.2) is 0 Å². The fourth-order valence-corrected chi connectivity index (χ4v) is 4.34. The van der Waals surface area contributed by atoms with Crippen LogP contribution in [0.15, 0.2) is 108 Å². The molecule has 4 aromatic carbocycles. The first-order valence-corrected chi connectivity index (χ1v) is 11.2. The van der Waals surface area contributed by atoms with Crippen LogP contribution in [0.5, 0.6) is 0 Å². The molecule has 0 N–H and O–H groups in total. The zero-order valence-corrected chi connectivity index (χ0v) is 18.4. The summed E-state index contributed by atoms with van der Waals surface area (Å²) in [6.45, 7) is 1.00. The highest BCUT2D eigenvalue weighted by atomic mass is 15.4. The third-order valence-electron chi connectivity index (χ3n) is 6.00. The van der Waals surface area contributed by atoms with Crippen molar-refractivity contribution in [2.45, 2.75) is 19.4 Å². The lowest BCUT2D eigenvalue weighted by Crippen LogP contribution is -2.08. The number of hydrogen-bond donors (Lipinski definition) is 0. The second kappa shape index (κ2) is 9.11. The van der Waals surface area contributed by atoms with E-state index >= 15 is 0 Å². The number of aryl methyl sites for hydroxylation is 2. The Balaban J connectivity index is 1.43. The third kappa shape index (κ3) is 4.15. The molecule has 0 aliphatic carbocycles. The zero-order valence-electron chi connectivity index (χ0n) is 18.4. The molecule has 32 heavy (non-hydrogen) atoms. The Hall–Kier alpha value is -3.85. The number of hydrazone groups is 1. The van der Waals surface area contributed by atoms with Gasteiger partial charge in [0.1, 0.15) is 0 Å². The van der Waals surface area contributed by atoms with Crippen molar-refractivity contribution in [2.24, 2.45) is 5.10 Å². The van der Waals surface area contributed by atoms with Gasteiger partial charge < -0.3 is 4.57 Å². The number of para-hydroxylation sites is 2. The Labute approximate surface area is 189 Å². The first kappa shape index (κ1) is 20.1. The maximum Gasteiger partial charge on any atom is 0.0590 e. The van der Waals surface area contributed by atoms with Crippen molar-refractivity contribution in [2.75, 3.05) is 12.1 Å². The van der Waals surface area contributed by atoms with Crippen molar-refractivity contribution in [3.8, 4) is 0 Å². The number of aromatic nitrogens is 1. The second-order valence-electron chi connectivity index (χ2n) is 8.14. The normalized spacial score (nSPS) is 11.5. The number of benzene rings is 4. The van der Waals surface area contributed by atoms with E-state index in [-0.39, 0.29) is 0 Å². The molecular weight excluding hydrogens is 390 g/mol. The van der Waals surface area contributed by atoms with Crippen LogP contribution in [-0.2, 0) is 13.0 Å². The molecule has 1 heterocycles. The molecule has 0 radical (unpaired) electrons. The van der Waals surface area contributed by atoms with Gasteiger partial charge in [-0.3, -0.25) is 5.01 Å². The molecule has 0 unspecified atom stereocenters. The monoisotopic (exact) mass is 417 g/mol. The van der Waals surface area contributed by atoms with Crippen LogP contribution in [0, 0.1) is 0 Å². The Morgan fingerprint density at radius 1 is 0.750 bits per heavy atom. The van der Waals surface area contributed by atoms with E-state index in [1.165, 1.54) is 27.4 Å². The van der Waals surface area contributed by atoms with E-state index in [9.17, 15) is 0 Å². The number of nitrogens with zero attached hydrogens (tertiary/aromatic N) is 3. The van der Waals surface area contributed by atoms with Crippen molar-refractivity contribution in [3.63, 3.8) is 0 Å². The lowest BCUT2D eigenvalue weighted by Gasteiger charge is -2.12. The van der Waals surface area contributed by atoms with Gasteiger partial charge in [-0.05, 0) is 54.3 Å². The molecule has 0 atom stereocenters. The third-order valence-corrected chi connectivity index (χ3v) is 6.00. The van der Waals surface area contributed by atoms with E-state index in [0.717, 1.165) is 30.6 Å². The van der Waals surface area contributed by atoms with Gasteiger partial charge in [-0.1, -0.05) is 72.8 Å². The van der Waals surface area contributed by atoms with E-state index in [1.807, 2.05) is 36.5 Å². The van der Waals surface area contributed by atoms with Gasteiger partial charge in [-0.15, -0.1) is 0 Å². The molecule has 5 aromatic rings. The van der Waals surface area contributed by atoms with Gasteiger partial charge in [0.2, 0.25) is 0 Å². The number of anilines is 1. The van der Waals surface area contributed by atoms with E-state index in [2.05, 4.69) is 94.6 Å². The average Bonchev–Trinajstić information content (AvgIpc) is 3.17. The molecule has 5 rings (SSSR count). The molecule has 0 saturated heterocycles. The van der Waals surface area contributed by atoms with Crippen LogP contribution in [0.1, 0.15) is 17.5 Å². The van der Waals surface area contributed by atoms with Gasteiger partial charge in [0.15, 0.2) is 0 Å². The molecule has 0 bridgehead atoms. The molecule has 3 nitrogen and oxygen atoms in total. The Morgan fingerprint density at radius 2 is 1.44 bits per heavy atom. The standard InChI is InChI=1S/C29H27N3/c1-31(25-14-6-3-7-15-25)30-22-24-18-19-29-27(21-24)26-16-8-9-17-28(26)32(29)20-10-13-23-11-4-2-5-12-23/h2-9,11-12,14-19,21-22H,10,13,20H2,1H3/b30-22+. The van der Waals surface area contributed by atoms with Crippen molar-refractivity contribution in [3.05, 3.63) is 114 Å². The van der Waals surface area contributed by atoms with Crippen LogP contribution in [0.4, 0.5) is 5.69 Å². The summed E-state index contributed by atoms with van der Waals surface area (Å²) in [4.78, 5) is 0. The fraction of sp³-hybridized carbons (Fsp3) is 0.138. The van der Waals surface area contributed by atoms with Gasteiger partial charge in [0, 0.05) is 35.4 Å². The van der Waals surface area contributed by atoms with Crippen LogP contribution in [-0.4, -0.2) is 17.8 Å². The number of hydrogen-bond acceptors (Lipinski definition) is 2. The predicted molar refractivity (Wildman–Crippen MR) is 137 cm³/mol. The largest absolute Gasteiger partial charge is 0.340 e. The molecular formula is C29H27N3. The lowest BCUT2D eigenvalue weighted by molar-refractivity contribution is 0.678. The highest BCUT2D eigenvalue weighted by molar-refractivity contribution is 6.09.